The number of aliphatic imine (C=N–C) groups is 1. The van der Waals surface area contributed by atoms with Gasteiger partial charge in [-0.25, -0.2) is 4.99 Å². The highest BCUT2D eigenvalue weighted by molar-refractivity contribution is 6.49. The summed E-state index contributed by atoms with van der Waals surface area (Å²) in [6.07, 6.45) is 0. The number of benzene rings is 4. The first kappa shape index (κ1) is 24.2. The number of fused-ring (bicyclic) bond motifs is 10. The molecule has 1 atom stereocenters. The van der Waals surface area contributed by atoms with Gasteiger partial charge in [0.2, 0.25) is 0 Å². The normalized spacial score (nSPS) is 17.5. The Balaban J connectivity index is 1.21. The molecule has 4 heterocycles. The van der Waals surface area contributed by atoms with Crippen molar-refractivity contribution >= 4 is 83.9 Å². The Morgan fingerprint density at radius 1 is 0.738 bits per heavy atom. The Morgan fingerprint density at radius 3 is 2.02 bits per heavy atom. The second-order valence-electron chi connectivity index (χ2n) is 10.8. The van der Waals surface area contributed by atoms with E-state index in [0.29, 0.717) is 44.5 Å². The van der Waals surface area contributed by atoms with E-state index in [1.54, 1.807) is 0 Å². The predicted molar refractivity (Wildman–Crippen MR) is 172 cm³/mol. The quantitative estimate of drug-likeness (QED) is 0.219. The SMILES string of the molecule is CCn1c2ccccc2c2cc3c(cc21)OC1=C(Cl)C2Nc4cc5c6ccccc6n(CC)c5cc4OC2=C(Cl)C1=N3. The van der Waals surface area contributed by atoms with E-state index in [4.69, 9.17) is 37.7 Å². The van der Waals surface area contributed by atoms with Crippen LogP contribution in [0.4, 0.5) is 11.4 Å². The average Bonchev–Trinajstić information content (AvgIpc) is 3.50. The maximum absolute atomic E-state index is 7.07. The summed E-state index contributed by atoms with van der Waals surface area (Å²) in [5.41, 5.74) is 6.61. The molecule has 3 aliphatic rings. The van der Waals surface area contributed by atoms with Crippen LogP contribution in [0.15, 0.2) is 99.4 Å². The minimum atomic E-state index is -0.495. The Labute approximate surface area is 251 Å². The van der Waals surface area contributed by atoms with E-state index in [9.17, 15) is 0 Å². The monoisotopic (exact) mass is 590 g/mol. The van der Waals surface area contributed by atoms with Gasteiger partial charge >= 0.3 is 0 Å². The molecular formula is C34H24Cl2N4O2. The van der Waals surface area contributed by atoms with Crippen molar-refractivity contribution in [2.45, 2.75) is 33.0 Å². The van der Waals surface area contributed by atoms with Gasteiger partial charge in [-0.2, -0.15) is 0 Å². The van der Waals surface area contributed by atoms with E-state index in [1.165, 1.54) is 21.8 Å². The van der Waals surface area contributed by atoms with Crippen LogP contribution < -0.4 is 14.8 Å². The molecular weight excluding hydrogens is 567 g/mol. The Bertz CT molecular complexity index is 2290. The van der Waals surface area contributed by atoms with Gasteiger partial charge in [-0.15, -0.1) is 0 Å². The van der Waals surface area contributed by atoms with E-state index in [-0.39, 0.29) is 0 Å². The number of halogens is 2. The number of ether oxygens (including phenoxy) is 2. The van der Waals surface area contributed by atoms with Crippen molar-refractivity contribution in [1.82, 2.24) is 9.13 Å². The van der Waals surface area contributed by atoms with E-state index in [2.05, 4.69) is 101 Å². The Kier molecular flexibility index (Phi) is 4.94. The lowest BCUT2D eigenvalue weighted by atomic mass is 10.00. The van der Waals surface area contributed by atoms with Crippen LogP contribution in [0.5, 0.6) is 11.5 Å². The zero-order chi connectivity index (χ0) is 28.3. The number of hydrogen-bond donors (Lipinski definition) is 1. The number of allylic oxidation sites excluding steroid dienone is 1. The highest BCUT2D eigenvalue weighted by atomic mass is 35.5. The fourth-order valence-corrected chi connectivity index (χ4v) is 7.38. The molecule has 1 unspecified atom stereocenters. The third-order valence-electron chi connectivity index (χ3n) is 8.70. The minimum Gasteiger partial charge on any atom is -0.455 e. The van der Waals surface area contributed by atoms with Crippen LogP contribution >= 0.6 is 23.2 Å². The second-order valence-corrected chi connectivity index (χ2v) is 11.6. The molecule has 1 aliphatic carbocycles. The molecule has 0 fully saturated rings. The number of hydrogen-bond acceptors (Lipinski definition) is 4. The predicted octanol–water partition coefficient (Wildman–Crippen LogP) is 9.19. The summed E-state index contributed by atoms with van der Waals surface area (Å²) in [6, 6.07) is 24.7. The number of para-hydroxylation sites is 2. The van der Waals surface area contributed by atoms with E-state index in [1.807, 2.05) is 0 Å². The molecule has 2 aliphatic heterocycles. The summed E-state index contributed by atoms with van der Waals surface area (Å²) >= 11 is 14.1. The summed E-state index contributed by atoms with van der Waals surface area (Å²) in [6.45, 7) is 5.99. The molecule has 9 rings (SSSR count). The lowest BCUT2D eigenvalue weighted by Crippen LogP contribution is -2.37. The molecule has 0 bridgehead atoms. The first-order valence-electron chi connectivity index (χ1n) is 14.2. The lowest BCUT2D eigenvalue weighted by molar-refractivity contribution is 0.380. The summed E-state index contributed by atoms with van der Waals surface area (Å²) in [7, 11) is 0. The Morgan fingerprint density at radius 2 is 1.36 bits per heavy atom. The standard InChI is InChI=1S/C34H24Cl2N4O2/c1-3-39-23-11-7-5-9-17(23)19-13-21-27(15-25(19)39)41-33-29(35)32-34(30(36)31(33)37-21)42-28-16-26-20(14-22(28)38-32)18-10-6-8-12-24(18)40(26)4-2/h5-16,31,37H,3-4H2,1-2H3. The molecule has 1 N–H and O–H groups in total. The topological polar surface area (TPSA) is 52.7 Å². The summed E-state index contributed by atoms with van der Waals surface area (Å²) in [5, 5.41) is 9.07. The molecule has 0 amide bonds. The van der Waals surface area contributed by atoms with Crippen LogP contribution in [-0.4, -0.2) is 20.9 Å². The van der Waals surface area contributed by atoms with Gasteiger partial charge in [-0.3, -0.25) is 0 Å². The van der Waals surface area contributed by atoms with Gasteiger partial charge in [0.1, 0.15) is 22.5 Å². The van der Waals surface area contributed by atoms with Gasteiger partial charge in [0.05, 0.1) is 21.8 Å². The number of rotatable bonds is 2. The van der Waals surface area contributed by atoms with Crippen molar-refractivity contribution in [3.8, 4) is 11.5 Å². The molecule has 0 saturated carbocycles. The minimum absolute atomic E-state index is 0.385. The molecule has 42 heavy (non-hydrogen) atoms. The maximum Gasteiger partial charge on any atom is 0.171 e. The van der Waals surface area contributed by atoms with Gasteiger partial charge in [0.15, 0.2) is 23.0 Å². The van der Waals surface area contributed by atoms with E-state index in [0.717, 1.165) is 40.6 Å². The number of aromatic nitrogens is 2. The van der Waals surface area contributed by atoms with Crippen LogP contribution in [0.1, 0.15) is 13.8 Å². The van der Waals surface area contributed by atoms with Crippen LogP contribution in [0.2, 0.25) is 0 Å². The zero-order valence-electron chi connectivity index (χ0n) is 22.8. The average molecular weight is 591 g/mol. The summed E-state index contributed by atoms with van der Waals surface area (Å²) in [4.78, 5) is 4.98. The van der Waals surface area contributed by atoms with Gasteiger partial charge in [0, 0.05) is 57.8 Å². The third-order valence-corrected chi connectivity index (χ3v) is 9.45. The van der Waals surface area contributed by atoms with Crippen LogP contribution in [0.25, 0.3) is 43.6 Å². The van der Waals surface area contributed by atoms with Crippen LogP contribution in [0.3, 0.4) is 0 Å². The smallest absolute Gasteiger partial charge is 0.171 e. The first-order chi connectivity index (χ1) is 20.6. The van der Waals surface area contributed by atoms with E-state index < -0.39 is 6.04 Å². The molecule has 4 aromatic carbocycles. The number of anilines is 1. The van der Waals surface area contributed by atoms with Gasteiger partial charge in [-0.05, 0) is 38.1 Å². The zero-order valence-corrected chi connectivity index (χ0v) is 24.3. The first-order valence-corrected chi connectivity index (χ1v) is 14.9. The second kappa shape index (κ2) is 8.57. The highest BCUT2D eigenvalue weighted by Gasteiger charge is 2.41. The van der Waals surface area contributed by atoms with Crippen LogP contribution in [-0.2, 0) is 13.1 Å². The summed E-state index contributed by atoms with van der Waals surface area (Å²) in [5.74, 6) is 2.32. The number of nitrogens with zero attached hydrogens (tertiary/aromatic N) is 3. The number of aryl methyl sites for hydroxylation is 2. The lowest BCUT2D eigenvalue weighted by Gasteiger charge is -2.35. The van der Waals surface area contributed by atoms with Gasteiger partial charge in [-0.1, -0.05) is 59.6 Å². The van der Waals surface area contributed by atoms with Gasteiger partial charge < -0.3 is 23.9 Å². The van der Waals surface area contributed by atoms with Crippen molar-refractivity contribution in [1.29, 1.82) is 0 Å². The fraction of sp³-hybridized carbons (Fsp3) is 0.147. The van der Waals surface area contributed by atoms with Crippen molar-refractivity contribution in [2.24, 2.45) is 4.99 Å². The number of nitrogens with one attached hydrogen (secondary N) is 1. The van der Waals surface area contributed by atoms with Crippen molar-refractivity contribution in [3.05, 3.63) is 94.4 Å². The van der Waals surface area contributed by atoms with Crippen LogP contribution in [0, 0.1) is 0 Å². The van der Waals surface area contributed by atoms with Crippen molar-refractivity contribution in [2.75, 3.05) is 5.32 Å². The Hall–Kier alpha value is -4.39. The van der Waals surface area contributed by atoms with Crippen molar-refractivity contribution < 1.29 is 9.47 Å². The van der Waals surface area contributed by atoms with Gasteiger partial charge in [0.25, 0.3) is 0 Å². The summed E-state index contributed by atoms with van der Waals surface area (Å²) < 4.78 is 17.6. The third kappa shape index (κ3) is 3.08. The molecule has 2 aromatic heterocycles. The molecule has 6 nitrogen and oxygen atoms in total. The fourth-order valence-electron chi connectivity index (χ4n) is 6.82. The molecule has 8 heteroatoms. The molecule has 0 spiro atoms. The molecule has 6 aromatic rings. The maximum atomic E-state index is 7.07. The van der Waals surface area contributed by atoms with Crippen molar-refractivity contribution in [3.63, 3.8) is 0 Å². The highest BCUT2D eigenvalue weighted by Crippen LogP contribution is 2.49. The molecule has 0 saturated heterocycles. The van der Waals surface area contributed by atoms with E-state index >= 15 is 0 Å². The largest absolute Gasteiger partial charge is 0.455 e. The molecule has 0 radical (unpaired) electrons. The molecule has 206 valence electrons.